The Kier molecular flexibility index (Phi) is 6.20. The minimum absolute atomic E-state index is 0.173. The van der Waals surface area contributed by atoms with Crippen molar-refractivity contribution in [3.8, 4) is 11.8 Å². The molecule has 0 aliphatic carbocycles. The average molecular weight is 321 g/mol. The van der Waals surface area contributed by atoms with Crippen LogP contribution in [-0.4, -0.2) is 32.1 Å². The lowest BCUT2D eigenvalue weighted by Crippen LogP contribution is -2.33. The van der Waals surface area contributed by atoms with Crippen LogP contribution >= 0.6 is 0 Å². The molecule has 2 rings (SSSR count). The third-order valence-corrected chi connectivity index (χ3v) is 4.25. The van der Waals surface area contributed by atoms with E-state index in [0.717, 1.165) is 11.1 Å². The molecule has 2 nitrogen and oxygen atoms in total. The first kappa shape index (κ1) is 18.3. The van der Waals surface area contributed by atoms with Crippen molar-refractivity contribution in [2.24, 2.45) is 5.92 Å². The van der Waals surface area contributed by atoms with Gasteiger partial charge in [-0.1, -0.05) is 86.4 Å². The fraction of sp³-hybridized carbons (Fsp3) is 0.364. The lowest BCUT2D eigenvalue weighted by atomic mass is 9.86. The van der Waals surface area contributed by atoms with Crippen LogP contribution in [-0.2, 0) is 10.3 Å². The van der Waals surface area contributed by atoms with Gasteiger partial charge < -0.3 is 4.74 Å². The maximum Gasteiger partial charge on any atom is 0.179 e. The molecule has 0 saturated carbocycles. The van der Waals surface area contributed by atoms with Gasteiger partial charge in [0.05, 0.1) is 6.04 Å². The van der Waals surface area contributed by atoms with Crippen molar-refractivity contribution in [1.82, 2.24) is 4.90 Å². The van der Waals surface area contributed by atoms with Gasteiger partial charge in [0.25, 0.3) is 0 Å². The first-order valence-electron chi connectivity index (χ1n) is 8.36. The van der Waals surface area contributed by atoms with E-state index in [0.29, 0.717) is 5.92 Å². The van der Waals surface area contributed by atoms with Gasteiger partial charge >= 0.3 is 0 Å². The summed E-state index contributed by atoms with van der Waals surface area (Å²) in [5, 5.41) is 0. The third-order valence-electron chi connectivity index (χ3n) is 4.25. The summed E-state index contributed by atoms with van der Waals surface area (Å²) in [5.74, 6) is 7.36. The van der Waals surface area contributed by atoms with E-state index >= 15 is 0 Å². The molecule has 0 aliphatic rings. The van der Waals surface area contributed by atoms with Crippen molar-refractivity contribution in [2.75, 3.05) is 21.2 Å². The highest BCUT2D eigenvalue weighted by Gasteiger charge is 2.32. The smallest absolute Gasteiger partial charge is 0.179 e. The van der Waals surface area contributed by atoms with Crippen LogP contribution in [0.4, 0.5) is 0 Å². The summed E-state index contributed by atoms with van der Waals surface area (Å²) in [4.78, 5) is 2.16. The predicted octanol–water partition coefficient (Wildman–Crippen LogP) is 4.17. The van der Waals surface area contributed by atoms with Gasteiger partial charge in [-0.2, -0.15) is 0 Å². The number of hydrogen-bond acceptors (Lipinski definition) is 2. The highest BCUT2D eigenvalue weighted by atomic mass is 16.5. The van der Waals surface area contributed by atoms with Crippen LogP contribution < -0.4 is 0 Å². The normalized spacial score (nSPS) is 12.8. The fourth-order valence-electron chi connectivity index (χ4n) is 3.01. The topological polar surface area (TPSA) is 12.5 Å². The van der Waals surface area contributed by atoms with E-state index in [1.54, 1.807) is 7.11 Å². The summed E-state index contributed by atoms with van der Waals surface area (Å²) in [6.45, 7) is 4.39. The molecule has 0 amide bonds. The monoisotopic (exact) mass is 321 g/mol. The van der Waals surface area contributed by atoms with Crippen LogP contribution in [0, 0.1) is 17.8 Å². The van der Waals surface area contributed by atoms with Gasteiger partial charge in [-0.05, 0) is 20.0 Å². The second-order valence-electron chi connectivity index (χ2n) is 6.54. The van der Waals surface area contributed by atoms with Crippen LogP contribution in [0.25, 0.3) is 0 Å². The maximum atomic E-state index is 6.03. The summed E-state index contributed by atoms with van der Waals surface area (Å²) in [5.41, 5.74) is 1.34. The molecule has 24 heavy (non-hydrogen) atoms. The molecule has 0 saturated heterocycles. The summed E-state index contributed by atoms with van der Waals surface area (Å²) in [6.07, 6.45) is 0. The van der Waals surface area contributed by atoms with Gasteiger partial charge in [0.2, 0.25) is 0 Å². The van der Waals surface area contributed by atoms with E-state index in [2.05, 4.69) is 68.9 Å². The molecular formula is C22H27NO. The molecule has 0 radical (unpaired) electrons. The van der Waals surface area contributed by atoms with E-state index in [1.807, 2.05) is 36.4 Å². The van der Waals surface area contributed by atoms with Gasteiger partial charge in [0.15, 0.2) is 5.60 Å². The van der Waals surface area contributed by atoms with Crippen LogP contribution in [0.5, 0.6) is 0 Å². The molecule has 0 aliphatic heterocycles. The molecule has 2 aromatic rings. The van der Waals surface area contributed by atoms with Crippen LogP contribution in [0.15, 0.2) is 60.7 Å². The van der Waals surface area contributed by atoms with Crippen molar-refractivity contribution in [1.29, 1.82) is 0 Å². The lowest BCUT2D eigenvalue weighted by Gasteiger charge is -2.29. The minimum atomic E-state index is -0.758. The molecule has 0 heterocycles. The van der Waals surface area contributed by atoms with E-state index in [1.165, 1.54) is 0 Å². The highest BCUT2D eigenvalue weighted by molar-refractivity contribution is 5.45. The van der Waals surface area contributed by atoms with Crippen molar-refractivity contribution >= 4 is 0 Å². The van der Waals surface area contributed by atoms with Crippen molar-refractivity contribution in [2.45, 2.75) is 25.5 Å². The molecule has 1 atom stereocenters. The average Bonchev–Trinajstić information content (AvgIpc) is 2.60. The molecule has 0 unspecified atom stereocenters. The number of benzene rings is 2. The first-order valence-corrected chi connectivity index (χ1v) is 8.36. The van der Waals surface area contributed by atoms with E-state index < -0.39 is 5.60 Å². The second kappa shape index (κ2) is 8.15. The van der Waals surface area contributed by atoms with E-state index in [4.69, 9.17) is 4.74 Å². The minimum Gasteiger partial charge on any atom is -0.357 e. The number of rotatable bonds is 5. The standard InChI is InChI=1S/C22H27NO/c1-18(2)21(23(3)4)16-17-22(24-5,19-12-8-6-9-13-19)20-14-10-7-11-15-20/h6-15,18,21H,1-5H3/t21-/m0/s1. The second-order valence-corrected chi connectivity index (χ2v) is 6.54. The summed E-state index contributed by atoms with van der Waals surface area (Å²) < 4.78 is 6.03. The number of methoxy groups -OCH3 is 1. The van der Waals surface area contributed by atoms with Crippen molar-refractivity contribution in [3.63, 3.8) is 0 Å². The van der Waals surface area contributed by atoms with E-state index in [-0.39, 0.29) is 6.04 Å². The maximum absolute atomic E-state index is 6.03. The Morgan fingerprint density at radius 3 is 1.67 bits per heavy atom. The number of nitrogens with zero attached hydrogens (tertiary/aromatic N) is 1. The molecule has 2 heteroatoms. The molecule has 0 aromatic heterocycles. The number of ether oxygens (including phenoxy) is 1. The van der Waals surface area contributed by atoms with Crippen LogP contribution in [0.1, 0.15) is 25.0 Å². The lowest BCUT2D eigenvalue weighted by molar-refractivity contribution is 0.0739. The van der Waals surface area contributed by atoms with Crippen molar-refractivity contribution in [3.05, 3.63) is 71.8 Å². The molecule has 0 N–H and O–H groups in total. The Morgan fingerprint density at radius 1 is 0.875 bits per heavy atom. The quantitative estimate of drug-likeness (QED) is 0.767. The molecule has 0 bridgehead atoms. The Balaban J connectivity index is 2.60. The molecule has 126 valence electrons. The van der Waals surface area contributed by atoms with Gasteiger partial charge in [-0.15, -0.1) is 0 Å². The first-order chi connectivity index (χ1) is 11.5. The van der Waals surface area contributed by atoms with Gasteiger partial charge in [0, 0.05) is 18.2 Å². The van der Waals surface area contributed by atoms with Crippen LogP contribution in [0.3, 0.4) is 0 Å². The predicted molar refractivity (Wildman–Crippen MR) is 101 cm³/mol. The summed E-state index contributed by atoms with van der Waals surface area (Å²) in [7, 11) is 5.87. The molecule has 2 aromatic carbocycles. The zero-order valence-electron chi connectivity index (χ0n) is 15.3. The zero-order chi connectivity index (χ0) is 17.6. The zero-order valence-corrected chi connectivity index (χ0v) is 15.3. The van der Waals surface area contributed by atoms with Crippen LogP contribution in [0.2, 0.25) is 0 Å². The van der Waals surface area contributed by atoms with Gasteiger partial charge in [0.1, 0.15) is 0 Å². The van der Waals surface area contributed by atoms with Gasteiger partial charge in [-0.3, -0.25) is 4.90 Å². The highest BCUT2D eigenvalue weighted by Crippen LogP contribution is 2.32. The van der Waals surface area contributed by atoms with Gasteiger partial charge in [-0.25, -0.2) is 0 Å². The van der Waals surface area contributed by atoms with Crippen molar-refractivity contribution < 1.29 is 4.74 Å². The Morgan fingerprint density at radius 2 is 1.33 bits per heavy atom. The Bertz CT molecular complexity index is 633. The largest absolute Gasteiger partial charge is 0.357 e. The summed E-state index contributed by atoms with van der Waals surface area (Å²) >= 11 is 0. The van der Waals surface area contributed by atoms with E-state index in [9.17, 15) is 0 Å². The molecular weight excluding hydrogens is 294 g/mol. The third kappa shape index (κ3) is 3.87. The fourth-order valence-corrected chi connectivity index (χ4v) is 3.01. The Hall–Kier alpha value is -2.08. The summed E-state index contributed by atoms with van der Waals surface area (Å²) in [6, 6.07) is 20.6. The SMILES string of the molecule is COC(C#C[C@@H](C(C)C)N(C)C)(c1ccccc1)c1ccccc1. The molecule has 0 fully saturated rings. The number of hydrogen-bond donors (Lipinski definition) is 0. The Labute approximate surface area is 146 Å². The molecule has 0 spiro atoms.